The molecule has 0 saturated heterocycles. The molecule has 27 heavy (non-hydrogen) atoms. The smallest absolute Gasteiger partial charge is 0.262 e. The van der Waals surface area contributed by atoms with E-state index in [1.54, 1.807) is 24.3 Å². The van der Waals surface area contributed by atoms with E-state index >= 15 is 0 Å². The van der Waals surface area contributed by atoms with Crippen molar-refractivity contribution >= 4 is 44.8 Å². The van der Waals surface area contributed by atoms with Gasteiger partial charge in [-0.3, -0.25) is 4.79 Å². The molecule has 0 aromatic heterocycles. The fourth-order valence-electron chi connectivity index (χ4n) is 2.00. The van der Waals surface area contributed by atoms with E-state index in [0.29, 0.717) is 17.3 Å². The van der Waals surface area contributed by atoms with Gasteiger partial charge in [0.15, 0.2) is 6.61 Å². The van der Waals surface area contributed by atoms with Crippen LogP contribution in [0.5, 0.6) is 5.75 Å². The third-order valence-electron chi connectivity index (χ3n) is 3.38. The molecule has 0 aliphatic rings. The molecule has 2 rings (SSSR count). The van der Waals surface area contributed by atoms with Crippen molar-refractivity contribution in [3.8, 4) is 5.75 Å². The Kier molecular flexibility index (Phi) is 7.49. The van der Waals surface area contributed by atoms with E-state index in [1.807, 2.05) is 13.8 Å². The van der Waals surface area contributed by atoms with Gasteiger partial charge in [0.2, 0.25) is 10.0 Å². The molecule has 0 fully saturated rings. The summed E-state index contributed by atoms with van der Waals surface area (Å²) >= 11 is 11.9. The number of carbonyl (C=O) groups excluding carboxylic acids is 1. The largest absolute Gasteiger partial charge is 0.482 e. The van der Waals surface area contributed by atoms with Gasteiger partial charge in [-0.05, 0) is 48.4 Å². The number of rotatable bonds is 8. The zero-order valence-electron chi connectivity index (χ0n) is 14.8. The van der Waals surface area contributed by atoms with Crippen molar-refractivity contribution in [2.24, 2.45) is 5.92 Å². The predicted molar refractivity (Wildman–Crippen MR) is 107 cm³/mol. The van der Waals surface area contributed by atoms with Gasteiger partial charge >= 0.3 is 0 Å². The van der Waals surface area contributed by atoms with Crippen LogP contribution in [0.3, 0.4) is 0 Å². The monoisotopic (exact) mass is 430 g/mol. The van der Waals surface area contributed by atoms with Gasteiger partial charge in [0.1, 0.15) is 5.75 Å². The fraction of sp³-hybridized carbons (Fsp3) is 0.278. The van der Waals surface area contributed by atoms with Gasteiger partial charge in [-0.15, -0.1) is 0 Å². The molecule has 0 bridgehead atoms. The number of carbonyl (C=O) groups is 1. The molecule has 2 aromatic rings. The molecule has 0 atom stereocenters. The first kappa shape index (κ1) is 21.5. The highest BCUT2D eigenvalue weighted by Crippen LogP contribution is 2.27. The minimum atomic E-state index is -3.65. The SMILES string of the molecule is CC(C)CNS(=O)(=O)c1ccc(OCC(=O)Nc2ccc(Cl)cc2)c(Cl)c1. The molecular formula is C18H20Cl2N2O4S. The van der Waals surface area contributed by atoms with Crippen LogP contribution in [0.15, 0.2) is 47.4 Å². The maximum Gasteiger partial charge on any atom is 0.262 e. The Hall–Kier alpha value is -1.80. The molecule has 0 unspecified atom stereocenters. The number of benzene rings is 2. The van der Waals surface area contributed by atoms with Crippen LogP contribution < -0.4 is 14.8 Å². The highest BCUT2D eigenvalue weighted by atomic mass is 35.5. The molecule has 2 N–H and O–H groups in total. The van der Waals surface area contributed by atoms with E-state index in [4.69, 9.17) is 27.9 Å². The lowest BCUT2D eigenvalue weighted by molar-refractivity contribution is -0.118. The van der Waals surface area contributed by atoms with Gasteiger partial charge in [-0.25, -0.2) is 13.1 Å². The molecular weight excluding hydrogens is 411 g/mol. The van der Waals surface area contributed by atoms with E-state index in [1.165, 1.54) is 18.2 Å². The Morgan fingerprint density at radius 1 is 1.11 bits per heavy atom. The van der Waals surface area contributed by atoms with Crippen LogP contribution >= 0.6 is 23.2 Å². The zero-order valence-corrected chi connectivity index (χ0v) is 17.2. The molecule has 0 heterocycles. The van der Waals surface area contributed by atoms with E-state index in [-0.39, 0.29) is 34.1 Å². The summed E-state index contributed by atoms with van der Waals surface area (Å²) in [5.74, 6) is 0.00595. The van der Waals surface area contributed by atoms with Gasteiger partial charge in [-0.1, -0.05) is 37.0 Å². The van der Waals surface area contributed by atoms with Crippen LogP contribution in [0.1, 0.15) is 13.8 Å². The van der Waals surface area contributed by atoms with Gasteiger partial charge in [0, 0.05) is 17.3 Å². The molecule has 6 nitrogen and oxygen atoms in total. The molecule has 1 amide bonds. The first-order valence-electron chi connectivity index (χ1n) is 8.15. The van der Waals surface area contributed by atoms with Crippen molar-refractivity contribution in [2.45, 2.75) is 18.7 Å². The summed E-state index contributed by atoms with van der Waals surface area (Å²) in [4.78, 5) is 12.0. The Bertz CT molecular complexity index is 900. The van der Waals surface area contributed by atoms with Crippen molar-refractivity contribution in [3.63, 3.8) is 0 Å². The highest BCUT2D eigenvalue weighted by molar-refractivity contribution is 7.89. The summed E-state index contributed by atoms with van der Waals surface area (Å²) in [5, 5.41) is 3.31. The Labute approximate surface area is 168 Å². The zero-order chi connectivity index (χ0) is 20.0. The summed E-state index contributed by atoms with van der Waals surface area (Å²) in [6.07, 6.45) is 0. The third kappa shape index (κ3) is 6.70. The number of hydrogen-bond acceptors (Lipinski definition) is 4. The van der Waals surface area contributed by atoms with E-state index < -0.39 is 10.0 Å². The van der Waals surface area contributed by atoms with Gasteiger partial charge in [0.05, 0.1) is 9.92 Å². The van der Waals surface area contributed by atoms with Gasteiger partial charge in [0.25, 0.3) is 5.91 Å². The fourth-order valence-corrected chi connectivity index (χ4v) is 3.66. The molecule has 9 heteroatoms. The van der Waals surface area contributed by atoms with Crippen LogP contribution in [-0.2, 0) is 14.8 Å². The van der Waals surface area contributed by atoms with Gasteiger partial charge in [-0.2, -0.15) is 0 Å². The third-order valence-corrected chi connectivity index (χ3v) is 5.35. The van der Waals surface area contributed by atoms with Crippen LogP contribution in [0.25, 0.3) is 0 Å². The van der Waals surface area contributed by atoms with Crippen molar-refractivity contribution in [2.75, 3.05) is 18.5 Å². The van der Waals surface area contributed by atoms with E-state index in [0.717, 1.165) is 0 Å². The van der Waals surface area contributed by atoms with Crippen molar-refractivity contribution in [1.82, 2.24) is 4.72 Å². The normalized spacial score (nSPS) is 11.4. The van der Waals surface area contributed by atoms with E-state index in [2.05, 4.69) is 10.0 Å². The number of amides is 1. The number of ether oxygens (including phenoxy) is 1. The Morgan fingerprint density at radius 3 is 2.37 bits per heavy atom. The number of anilines is 1. The molecule has 0 radical (unpaired) electrons. The first-order chi connectivity index (χ1) is 12.7. The average molecular weight is 431 g/mol. The van der Waals surface area contributed by atoms with Crippen LogP contribution in [0, 0.1) is 5.92 Å². The van der Waals surface area contributed by atoms with Gasteiger partial charge < -0.3 is 10.1 Å². The lowest BCUT2D eigenvalue weighted by Gasteiger charge is -2.12. The second-order valence-electron chi connectivity index (χ2n) is 6.18. The summed E-state index contributed by atoms with van der Waals surface area (Å²) in [6, 6.07) is 10.7. The van der Waals surface area contributed by atoms with Crippen LogP contribution in [0.4, 0.5) is 5.69 Å². The Morgan fingerprint density at radius 2 is 1.78 bits per heavy atom. The first-order valence-corrected chi connectivity index (χ1v) is 10.4. The number of nitrogens with one attached hydrogen (secondary N) is 2. The summed E-state index contributed by atoms with van der Waals surface area (Å²) < 4.78 is 32.3. The maximum atomic E-state index is 12.2. The minimum Gasteiger partial charge on any atom is -0.482 e. The van der Waals surface area contributed by atoms with Crippen molar-refractivity contribution in [1.29, 1.82) is 0 Å². The van der Waals surface area contributed by atoms with Crippen molar-refractivity contribution < 1.29 is 17.9 Å². The number of hydrogen-bond donors (Lipinski definition) is 2. The lowest BCUT2D eigenvalue weighted by Crippen LogP contribution is -2.27. The summed E-state index contributed by atoms with van der Waals surface area (Å²) in [6.45, 7) is 3.85. The summed E-state index contributed by atoms with van der Waals surface area (Å²) in [7, 11) is -3.65. The van der Waals surface area contributed by atoms with Crippen LogP contribution in [-0.4, -0.2) is 27.5 Å². The minimum absolute atomic E-state index is 0.0334. The Balaban J connectivity index is 1.97. The average Bonchev–Trinajstić information content (AvgIpc) is 2.61. The predicted octanol–water partition coefficient (Wildman–Crippen LogP) is 3.95. The summed E-state index contributed by atoms with van der Waals surface area (Å²) in [5.41, 5.74) is 0.580. The maximum absolute atomic E-state index is 12.2. The van der Waals surface area contributed by atoms with Crippen molar-refractivity contribution in [3.05, 3.63) is 52.5 Å². The lowest BCUT2D eigenvalue weighted by atomic mass is 10.2. The molecule has 0 aliphatic heterocycles. The molecule has 0 spiro atoms. The van der Waals surface area contributed by atoms with E-state index in [9.17, 15) is 13.2 Å². The second kappa shape index (κ2) is 9.41. The topological polar surface area (TPSA) is 84.5 Å². The number of sulfonamides is 1. The standard InChI is InChI=1S/C18H20Cl2N2O4S/c1-12(2)10-21-27(24,25)15-7-8-17(16(20)9-15)26-11-18(23)22-14-5-3-13(19)4-6-14/h3-9,12,21H,10-11H2,1-2H3,(H,22,23). The molecule has 2 aromatic carbocycles. The second-order valence-corrected chi connectivity index (χ2v) is 8.79. The highest BCUT2D eigenvalue weighted by Gasteiger charge is 2.16. The molecule has 146 valence electrons. The number of halogens is 2. The quantitative estimate of drug-likeness (QED) is 0.663. The van der Waals surface area contributed by atoms with Crippen LogP contribution in [0.2, 0.25) is 10.0 Å². The molecule has 0 aliphatic carbocycles. The molecule has 0 saturated carbocycles.